The SMILES string of the molecule is CC(C)Oc1ccccc1NC(=O)CCNc1ccc(F)cc1F. The minimum atomic E-state index is -0.689. The Labute approximate surface area is 139 Å². The summed E-state index contributed by atoms with van der Waals surface area (Å²) < 4.78 is 31.9. The van der Waals surface area contributed by atoms with Gasteiger partial charge in [-0.2, -0.15) is 0 Å². The molecule has 0 bridgehead atoms. The normalized spacial score (nSPS) is 10.5. The van der Waals surface area contributed by atoms with E-state index in [2.05, 4.69) is 10.6 Å². The van der Waals surface area contributed by atoms with E-state index in [1.54, 1.807) is 18.2 Å². The third kappa shape index (κ3) is 5.22. The molecule has 0 saturated heterocycles. The molecule has 0 unspecified atom stereocenters. The quantitative estimate of drug-likeness (QED) is 0.798. The molecule has 2 rings (SSSR count). The van der Waals surface area contributed by atoms with Gasteiger partial charge in [-0.15, -0.1) is 0 Å². The average Bonchev–Trinajstić information content (AvgIpc) is 2.51. The van der Waals surface area contributed by atoms with Gasteiger partial charge in [-0.3, -0.25) is 4.79 Å². The van der Waals surface area contributed by atoms with Gasteiger partial charge in [-0.05, 0) is 38.1 Å². The van der Waals surface area contributed by atoms with E-state index in [9.17, 15) is 13.6 Å². The topological polar surface area (TPSA) is 50.4 Å². The fourth-order valence-electron chi connectivity index (χ4n) is 2.08. The second kappa shape index (κ2) is 8.29. The van der Waals surface area contributed by atoms with Crippen LogP contribution < -0.4 is 15.4 Å². The van der Waals surface area contributed by atoms with Crippen molar-refractivity contribution in [1.29, 1.82) is 0 Å². The van der Waals surface area contributed by atoms with Crippen LogP contribution in [0.1, 0.15) is 20.3 Å². The minimum Gasteiger partial charge on any atom is -0.489 e. The van der Waals surface area contributed by atoms with Crippen LogP contribution in [0, 0.1) is 11.6 Å². The number of anilines is 2. The van der Waals surface area contributed by atoms with Crippen molar-refractivity contribution in [1.82, 2.24) is 0 Å². The summed E-state index contributed by atoms with van der Waals surface area (Å²) in [4.78, 5) is 12.0. The Hall–Kier alpha value is -2.63. The van der Waals surface area contributed by atoms with Gasteiger partial charge in [0.2, 0.25) is 5.91 Å². The molecule has 2 N–H and O–H groups in total. The van der Waals surface area contributed by atoms with E-state index in [0.29, 0.717) is 11.4 Å². The Kier molecular flexibility index (Phi) is 6.12. The van der Waals surface area contributed by atoms with Crippen LogP contribution in [0.2, 0.25) is 0 Å². The van der Waals surface area contributed by atoms with Crippen molar-refractivity contribution < 1.29 is 18.3 Å². The number of amides is 1. The summed E-state index contributed by atoms with van der Waals surface area (Å²) in [6.07, 6.45) is 0.124. The standard InChI is InChI=1S/C18H20F2N2O2/c1-12(2)24-17-6-4-3-5-16(17)22-18(23)9-10-21-15-8-7-13(19)11-14(15)20/h3-8,11-12,21H,9-10H2,1-2H3,(H,22,23). The molecule has 0 spiro atoms. The van der Waals surface area contributed by atoms with Crippen LogP contribution in [0.5, 0.6) is 5.75 Å². The second-order valence-electron chi connectivity index (χ2n) is 5.51. The summed E-state index contributed by atoms with van der Waals surface area (Å²) in [5.41, 5.74) is 0.747. The Balaban J connectivity index is 1.87. The van der Waals surface area contributed by atoms with Gasteiger partial charge in [0.15, 0.2) is 0 Å². The largest absolute Gasteiger partial charge is 0.489 e. The van der Waals surface area contributed by atoms with Gasteiger partial charge in [0.25, 0.3) is 0 Å². The number of rotatable bonds is 7. The van der Waals surface area contributed by atoms with Crippen molar-refractivity contribution in [3.63, 3.8) is 0 Å². The Bertz CT molecular complexity index is 705. The maximum Gasteiger partial charge on any atom is 0.226 e. The van der Waals surface area contributed by atoms with Gasteiger partial charge in [-0.1, -0.05) is 12.1 Å². The molecule has 0 atom stereocenters. The summed E-state index contributed by atoms with van der Waals surface area (Å²) in [6, 6.07) is 10.4. The number of benzene rings is 2. The van der Waals surface area contributed by atoms with Crippen LogP contribution in [0.25, 0.3) is 0 Å². The maximum absolute atomic E-state index is 13.5. The van der Waals surface area contributed by atoms with Crippen molar-refractivity contribution in [2.24, 2.45) is 0 Å². The number of para-hydroxylation sites is 2. The molecule has 0 aromatic heterocycles. The van der Waals surface area contributed by atoms with Gasteiger partial charge in [-0.25, -0.2) is 8.78 Å². The first-order valence-corrected chi connectivity index (χ1v) is 7.70. The molecule has 1 amide bonds. The molecule has 0 aliphatic heterocycles. The van der Waals surface area contributed by atoms with E-state index in [1.165, 1.54) is 6.07 Å². The van der Waals surface area contributed by atoms with Gasteiger partial charge in [0.1, 0.15) is 17.4 Å². The molecule has 6 heteroatoms. The first-order chi connectivity index (χ1) is 11.5. The zero-order valence-corrected chi connectivity index (χ0v) is 13.6. The monoisotopic (exact) mass is 334 g/mol. The zero-order chi connectivity index (χ0) is 17.5. The van der Waals surface area contributed by atoms with Crippen LogP contribution in [0.3, 0.4) is 0 Å². The minimum absolute atomic E-state index is 0.00818. The fourth-order valence-corrected chi connectivity index (χ4v) is 2.08. The number of carbonyl (C=O) groups excluding carboxylic acids is 1. The highest BCUT2D eigenvalue weighted by Crippen LogP contribution is 2.25. The molecule has 24 heavy (non-hydrogen) atoms. The van der Waals surface area contributed by atoms with Crippen LogP contribution in [-0.2, 0) is 4.79 Å². The van der Waals surface area contributed by atoms with Crippen molar-refractivity contribution >= 4 is 17.3 Å². The van der Waals surface area contributed by atoms with Gasteiger partial charge >= 0.3 is 0 Å². The molecule has 0 heterocycles. The molecule has 0 radical (unpaired) electrons. The van der Waals surface area contributed by atoms with E-state index in [-0.39, 0.29) is 30.7 Å². The van der Waals surface area contributed by atoms with E-state index in [1.807, 2.05) is 19.9 Å². The lowest BCUT2D eigenvalue weighted by Gasteiger charge is -2.15. The maximum atomic E-state index is 13.5. The predicted molar refractivity (Wildman–Crippen MR) is 90.3 cm³/mol. The number of ether oxygens (including phenoxy) is 1. The summed E-state index contributed by atoms with van der Waals surface area (Å²) >= 11 is 0. The predicted octanol–water partition coefficient (Wildman–Crippen LogP) is 4.19. The van der Waals surface area contributed by atoms with E-state index in [4.69, 9.17) is 4.74 Å². The Morgan fingerprint density at radius 1 is 1.12 bits per heavy atom. The zero-order valence-electron chi connectivity index (χ0n) is 13.6. The first-order valence-electron chi connectivity index (χ1n) is 7.70. The molecule has 0 aliphatic carbocycles. The van der Waals surface area contributed by atoms with Crippen molar-refractivity contribution in [3.8, 4) is 5.75 Å². The van der Waals surface area contributed by atoms with Crippen LogP contribution >= 0.6 is 0 Å². The number of hydrogen-bond donors (Lipinski definition) is 2. The summed E-state index contributed by atoms with van der Waals surface area (Å²) in [5, 5.41) is 5.54. The van der Waals surface area contributed by atoms with Gasteiger partial charge in [0, 0.05) is 19.0 Å². The summed E-state index contributed by atoms with van der Waals surface area (Å²) in [7, 11) is 0. The Morgan fingerprint density at radius 3 is 2.58 bits per heavy atom. The molecule has 2 aromatic rings. The number of nitrogens with one attached hydrogen (secondary N) is 2. The number of halogens is 2. The van der Waals surface area contributed by atoms with Gasteiger partial charge in [0.05, 0.1) is 17.5 Å². The lowest BCUT2D eigenvalue weighted by molar-refractivity contribution is -0.116. The fraction of sp³-hybridized carbons (Fsp3) is 0.278. The molecule has 4 nitrogen and oxygen atoms in total. The van der Waals surface area contributed by atoms with E-state index in [0.717, 1.165) is 12.1 Å². The highest BCUT2D eigenvalue weighted by molar-refractivity contribution is 5.92. The first kappa shape index (κ1) is 17.7. The summed E-state index contributed by atoms with van der Waals surface area (Å²) in [6.45, 7) is 4.03. The third-order valence-electron chi connectivity index (χ3n) is 3.12. The molecular weight excluding hydrogens is 314 g/mol. The molecular formula is C18H20F2N2O2. The van der Waals surface area contributed by atoms with Crippen molar-refractivity contribution in [3.05, 3.63) is 54.1 Å². The second-order valence-corrected chi connectivity index (χ2v) is 5.51. The number of carbonyl (C=O) groups is 1. The number of hydrogen-bond acceptors (Lipinski definition) is 3. The van der Waals surface area contributed by atoms with Gasteiger partial charge < -0.3 is 15.4 Å². The highest BCUT2D eigenvalue weighted by Gasteiger charge is 2.09. The molecule has 2 aromatic carbocycles. The molecule has 0 saturated carbocycles. The molecule has 128 valence electrons. The van der Waals surface area contributed by atoms with E-state index >= 15 is 0 Å². The summed E-state index contributed by atoms with van der Waals surface area (Å²) in [5.74, 6) is -0.966. The van der Waals surface area contributed by atoms with Crippen LogP contribution in [0.15, 0.2) is 42.5 Å². The molecule has 0 fully saturated rings. The van der Waals surface area contributed by atoms with E-state index < -0.39 is 11.6 Å². The smallest absolute Gasteiger partial charge is 0.226 e. The van der Waals surface area contributed by atoms with Crippen LogP contribution in [-0.4, -0.2) is 18.6 Å². The third-order valence-corrected chi connectivity index (χ3v) is 3.12. The lowest BCUT2D eigenvalue weighted by Crippen LogP contribution is -2.17. The van der Waals surface area contributed by atoms with Crippen LogP contribution in [0.4, 0.5) is 20.2 Å². The molecule has 0 aliphatic rings. The Morgan fingerprint density at radius 2 is 1.88 bits per heavy atom. The highest BCUT2D eigenvalue weighted by atomic mass is 19.1. The lowest BCUT2D eigenvalue weighted by atomic mass is 10.2. The van der Waals surface area contributed by atoms with Crippen molar-refractivity contribution in [2.45, 2.75) is 26.4 Å². The average molecular weight is 334 g/mol. The van der Waals surface area contributed by atoms with Crippen molar-refractivity contribution in [2.75, 3.05) is 17.2 Å².